The highest BCUT2D eigenvalue weighted by atomic mass is 31.2. The van der Waals surface area contributed by atoms with Crippen molar-refractivity contribution in [3.8, 4) is 0 Å². The molecule has 154 valence electrons. The van der Waals surface area contributed by atoms with Crippen LogP contribution in [0.2, 0.25) is 0 Å². The highest BCUT2D eigenvalue weighted by Gasteiger charge is 2.27. The second kappa shape index (κ2) is 11.5. The van der Waals surface area contributed by atoms with Crippen LogP contribution in [0.1, 0.15) is 32.8 Å². The highest BCUT2D eigenvalue weighted by Crippen LogP contribution is 2.47. The predicted molar refractivity (Wildman–Crippen MR) is 99.0 cm³/mol. The van der Waals surface area contributed by atoms with Crippen LogP contribution in [0.4, 0.5) is 0 Å². The standard InChI is InChI=1S/C18H29O8P/c1-18(2,3)26-17(19)11-16(13-25-27(20,21-4)22-5)24-14-23-12-15-9-7-6-8-10-15/h6-10,16H,11-14H2,1-5H3. The normalized spacial score (nSPS) is 13.4. The van der Waals surface area contributed by atoms with E-state index in [4.69, 9.17) is 27.8 Å². The maximum absolute atomic E-state index is 12.1. The topological polar surface area (TPSA) is 89.5 Å². The van der Waals surface area contributed by atoms with Gasteiger partial charge in [-0.05, 0) is 26.3 Å². The summed E-state index contributed by atoms with van der Waals surface area (Å²) in [6.07, 6.45) is -0.839. The lowest BCUT2D eigenvalue weighted by molar-refractivity contribution is -0.163. The van der Waals surface area contributed by atoms with Gasteiger partial charge in [0.15, 0.2) is 0 Å². The first kappa shape index (κ1) is 23.8. The third kappa shape index (κ3) is 10.6. The summed E-state index contributed by atoms with van der Waals surface area (Å²) in [6.45, 7) is 5.40. The molecule has 0 aliphatic heterocycles. The molecule has 1 aromatic rings. The summed E-state index contributed by atoms with van der Waals surface area (Å²) in [5.74, 6) is -0.469. The molecule has 0 aliphatic carbocycles. The van der Waals surface area contributed by atoms with Gasteiger partial charge in [0.05, 0.1) is 25.7 Å². The number of carbonyl (C=O) groups excluding carboxylic acids is 1. The molecule has 9 heteroatoms. The van der Waals surface area contributed by atoms with Crippen LogP contribution >= 0.6 is 7.82 Å². The average Bonchev–Trinajstić information content (AvgIpc) is 2.62. The van der Waals surface area contributed by atoms with Crippen LogP contribution in [0, 0.1) is 0 Å². The molecule has 0 aromatic heterocycles. The maximum Gasteiger partial charge on any atom is 0.474 e. The zero-order valence-electron chi connectivity index (χ0n) is 16.5. The van der Waals surface area contributed by atoms with Gasteiger partial charge in [-0.15, -0.1) is 0 Å². The third-order valence-electron chi connectivity index (χ3n) is 3.18. The minimum absolute atomic E-state index is 0.0734. The van der Waals surface area contributed by atoms with Crippen molar-refractivity contribution in [2.45, 2.75) is 45.5 Å². The fraction of sp³-hybridized carbons (Fsp3) is 0.611. The van der Waals surface area contributed by atoms with E-state index in [2.05, 4.69) is 0 Å². The Bertz CT molecular complexity index is 591. The van der Waals surface area contributed by atoms with E-state index in [-0.39, 0.29) is 19.8 Å². The van der Waals surface area contributed by atoms with E-state index in [1.807, 2.05) is 30.3 Å². The number of rotatable bonds is 12. The molecule has 0 spiro atoms. The quantitative estimate of drug-likeness (QED) is 0.226. The Labute approximate surface area is 160 Å². The summed E-state index contributed by atoms with van der Waals surface area (Å²) < 4.78 is 42.9. The Morgan fingerprint density at radius 3 is 2.30 bits per heavy atom. The molecule has 1 atom stereocenters. The van der Waals surface area contributed by atoms with Gasteiger partial charge in [0.2, 0.25) is 0 Å². The molecule has 8 nitrogen and oxygen atoms in total. The molecule has 0 N–H and O–H groups in total. The monoisotopic (exact) mass is 404 g/mol. The van der Waals surface area contributed by atoms with Gasteiger partial charge in [-0.2, -0.15) is 0 Å². The first-order valence-corrected chi connectivity index (χ1v) is 9.94. The molecule has 1 rings (SSSR count). The van der Waals surface area contributed by atoms with Gasteiger partial charge in [-0.3, -0.25) is 18.4 Å². The maximum atomic E-state index is 12.1. The predicted octanol–water partition coefficient (Wildman–Crippen LogP) is 3.70. The molecule has 0 saturated heterocycles. The number of hydrogen-bond acceptors (Lipinski definition) is 8. The van der Waals surface area contributed by atoms with Crippen LogP contribution in [0.3, 0.4) is 0 Å². The molecule has 0 saturated carbocycles. The fourth-order valence-electron chi connectivity index (χ4n) is 1.97. The SMILES string of the molecule is COP(=O)(OC)OCC(CC(=O)OC(C)(C)C)OCOCc1ccccc1. The summed E-state index contributed by atoms with van der Waals surface area (Å²) in [7, 11) is -1.27. The number of esters is 1. The van der Waals surface area contributed by atoms with Crippen molar-refractivity contribution < 1.29 is 37.1 Å². The fourth-order valence-corrected chi connectivity index (χ4v) is 2.68. The van der Waals surface area contributed by atoms with Gasteiger partial charge in [0.1, 0.15) is 12.4 Å². The molecule has 27 heavy (non-hydrogen) atoms. The first-order valence-electron chi connectivity index (χ1n) is 8.48. The number of ether oxygens (including phenoxy) is 3. The van der Waals surface area contributed by atoms with Crippen LogP contribution < -0.4 is 0 Å². The highest BCUT2D eigenvalue weighted by molar-refractivity contribution is 7.48. The van der Waals surface area contributed by atoms with E-state index in [9.17, 15) is 9.36 Å². The molecule has 0 aliphatic rings. The smallest absolute Gasteiger partial charge is 0.460 e. The lowest BCUT2D eigenvalue weighted by Crippen LogP contribution is -2.30. The summed E-state index contributed by atoms with van der Waals surface area (Å²) in [5.41, 5.74) is 0.366. The molecule has 1 unspecified atom stereocenters. The van der Waals surface area contributed by atoms with Crippen molar-refractivity contribution >= 4 is 13.8 Å². The van der Waals surface area contributed by atoms with Crippen molar-refractivity contribution in [2.75, 3.05) is 27.6 Å². The molecular formula is C18H29O8P. The zero-order valence-corrected chi connectivity index (χ0v) is 17.4. The number of phosphoric ester groups is 1. The van der Waals surface area contributed by atoms with Crippen LogP contribution in [-0.4, -0.2) is 45.3 Å². The lowest BCUT2D eigenvalue weighted by atomic mass is 10.2. The number of carbonyl (C=O) groups is 1. The zero-order chi connectivity index (χ0) is 20.3. The van der Waals surface area contributed by atoms with Crippen LogP contribution in [0.15, 0.2) is 30.3 Å². The number of benzene rings is 1. The van der Waals surface area contributed by atoms with Crippen molar-refractivity contribution in [3.05, 3.63) is 35.9 Å². The molecule has 0 heterocycles. The Kier molecular flexibility index (Phi) is 10.2. The van der Waals surface area contributed by atoms with E-state index in [1.54, 1.807) is 20.8 Å². The van der Waals surface area contributed by atoms with Crippen LogP contribution in [0.5, 0.6) is 0 Å². The Morgan fingerprint density at radius 2 is 1.74 bits per heavy atom. The minimum atomic E-state index is -3.68. The summed E-state index contributed by atoms with van der Waals surface area (Å²) in [6, 6.07) is 9.58. The van der Waals surface area contributed by atoms with Crippen molar-refractivity contribution in [2.24, 2.45) is 0 Å². The van der Waals surface area contributed by atoms with E-state index in [0.29, 0.717) is 6.61 Å². The average molecular weight is 404 g/mol. The van der Waals surface area contributed by atoms with Gasteiger partial charge < -0.3 is 14.2 Å². The Balaban J connectivity index is 2.55. The first-order chi connectivity index (χ1) is 12.7. The van der Waals surface area contributed by atoms with Gasteiger partial charge in [0, 0.05) is 14.2 Å². The second-order valence-corrected chi connectivity index (χ2v) is 8.52. The van der Waals surface area contributed by atoms with E-state index >= 15 is 0 Å². The van der Waals surface area contributed by atoms with Crippen LogP contribution in [0.25, 0.3) is 0 Å². The van der Waals surface area contributed by atoms with Gasteiger partial charge in [-0.1, -0.05) is 30.3 Å². The summed E-state index contributed by atoms with van der Waals surface area (Å²) in [4.78, 5) is 12.1. The van der Waals surface area contributed by atoms with E-state index in [0.717, 1.165) is 5.56 Å². The number of phosphoric acid groups is 1. The third-order valence-corrected chi connectivity index (χ3v) is 4.54. The molecule has 0 radical (unpaired) electrons. The van der Waals surface area contributed by atoms with E-state index < -0.39 is 25.5 Å². The molecular weight excluding hydrogens is 375 g/mol. The molecule has 0 fully saturated rings. The van der Waals surface area contributed by atoms with Crippen LogP contribution in [-0.2, 0) is 43.7 Å². The Hall–Kier alpha value is -1.28. The van der Waals surface area contributed by atoms with Crippen molar-refractivity contribution in [3.63, 3.8) is 0 Å². The lowest BCUT2D eigenvalue weighted by Gasteiger charge is -2.23. The molecule has 0 amide bonds. The minimum Gasteiger partial charge on any atom is -0.460 e. The van der Waals surface area contributed by atoms with Crippen molar-refractivity contribution in [1.82, 2.24) is 0 Å². The van der Waals surface area contributed by atoms with Gasteiger partial charge >= 0.3 is 13.8 Å². The second-order valence-electron chi connectivity index (χ2n) is 6.64. The van der Waals surface area contributed by atoms with E-state index in [1.165, 1.54) is 14.2 Å². The molecule has 1 aromatic carbocycles. The summed E-state index contributed by atoms with van der Waals surface area (Å²) in [5, 5.41) is 0. The summed E-state index contributed by atoms with van der Waals surface area (Å²) >= 11 is 0. The number of hydrogen-bond donors (Lipinski definition) is 0. The Morgan fingerprint density at radius 1 is 1.11 bits per heavy atom. The van der Waals surface area contributed by atoms with Crippen molar-refractivity contribution in [1.29, 1.82) is 0 Å². The molecule has 0 bridgehead atoms. The largest absolute Gasteiger partial charge is 0.474 e. The van der Waals surface area contributed by atoms with Gasteiger partial charge in [-0.25, -0.2) is 4.57 Å². The van der Waals surface area contributed by atoms with Gasteiger partial charge in [0.25, 0.3) is 0 Å².